The van der Waals surface area contributed by atoms with Crippen LogP contribution in [0.3, 0.4) is 0 Å². The predicted octanol–water partition coefficient (Wildman–Crippen LogP) is 0.805. The van der Waals surface area contributed by atoms with Crippen molar-refractivity contribution in [3.8, 4) is 0 Å². The zero-order chi connectivity index (χ0) is 21.1. The second-order valence-electron chi connectivity index (χ2n) is 7.88. The van der Waals surface area contributed by atoms with Gasteiger partial charge in [0.1, 0.15) is 28.9 Å². The van der Waals surface area contributed by atoms with Gasteiger partial charge < -0.3 is 0 Å². The molecule has 1 N–H and O–H groups in total. The fourth-order valence-corrected chi connectivity index (χ4v) is 5.03. The molecule has 0 radical (unpaired) electrons. The molecule has 29 heavy (non-hydrogen) atoms. The number of imide groups is 1. The van der Waals surface area contributed by atoms with Crippen molar-refractivity contribution in [2.75, 3.05) is 7.05 Å². The lowest BCUT2D eigenvalue weighted by atomic mass is 9.94. The van der Waals surface area contributed by atoms with Crippen molar-refractivity contribution in [1.29, 1.82) is 0 Å². The fraction of sp³-hybridized carbons (Fsp3) is 0.444. The summed E-state index contributed by atoms with van der Waals surface area (Å²) in [7, 11) is -1.00. The quantitative estimate of drug-likeness (QED) is 0.707. The third kappa shape index (κ3) is 3.44. The SMILES string of the molecule is Cn1cc(CN2C(=O)C3C=C(S(=O)(=O)NC4(C)CC4)C(F)=CC3=[N+](C)C2=O)cn1. The fourth-order valence-electron chi connectivity index (χ4n) is 3.43. The maximum Gasteiger partial charge on any atom is 0.501 e. The van der Waals surface area contributed by atoms with E-state index in [0.29, 0.717) is 18.4 Å². The number of sulfonamides is 1. The van der Waals surface area contributed by atoms with E-state index >= 15 is 0 Å². The summed E-state index contributed by atoms with van der Waals surface area (Å²) in [6.45, 7) is 1.72. The molecule has 1 aromatic rings. The molecule has 154 valence electrons. The first-order valence-electron chi connectivity index (χ1n) is 9.08. The van der Waals surface area contributed by atoms with Gasteiger partial charge in [-0.1, -0.05) is 0 Å². The van der Waals surface area contributed by atoms with Gasteiger partial charge in [-0.05, 0) is 25.8 Å². The van der Waals surface area contributed by atoms with Gasteiger partial charge in [-0.15, -0.1) is 0 Å². The highest BCUT2D eigenvalue weighted by molar-refractivity contribution is 7.93. The summed E-state index contributed by atoms with van der Waals surface area (Å²) in [5, 5.41) is 4.02. The highest BCUT2D eigenvalue weighted by Crippen LogP contribution is 2.38. The minimum absolute atomic E-state index is 0.0158. The Labute approximate surface area is 167 Å². The van der Waals surface area contributed by atoms with Crippen LogP contribution in [0, 0.1) is 5.92 Å². The van der Waals surface area contributed by atoms with E-state index in [1.54, 1.807) is 24.9 Å². The molecule has 3 amide bonds. The second kappa shape index (κ2) is 6.42. The molecule has 2 aliphatic carbocycles. The molecular weight excluding hydrogens is 401 g/mol. The van der Waals surface area contributed by atoms with Crippen molar-refractivity contribution in [2.45, 2.75) is 31.8 Å². The van der Waals surface area contributed by atoms with Crippen molar-refractivity contribution in [3.63, 3.8) is 0 Å². The van der Waals surface area contributed by atoms with E-state index in [4.69, 9.17) is 0 Å². The zero-order valence-corrected chi connectivity index (χ0v) is 17.0. The number of fused-ring (bicyclic) bond motifs is 1. The van der Waals surface area contributed by atoms with Crippen molar-refractivity contribution in [3.05, 3.63) is 40.8 Å². The molecule has 1 fully saturated rings. The first-order chi connectivity index (χ1) is 13.5. The van der Waals surface area contributed by atoms with E-state index < -0.39 is 44.2 Å². The Hall–Kier alpha value is -2.66. The van der Waals surface area contributed by atoms with Gasteiger partial charge in [0.2, 0.25) is 10.0 Å². The van der Waals surface area contributed by atoms with Gasteiger partial charge in [-0.25, -0.2) is 22.3 Å². The summed E-state index contributed by atoms with van der Waals surface area (Å²) >= 11 is 0. The zero-order valence-electron chi connectivity index (χ0n) is 16.2. The number of carbonyl (C=O) groups excluding carboxylic acids is 2. The maximum absolute atomic E-state index is 14.7. The molecule has 11 heteroatoms. The van der Waals surface area contributed by atoms with Crippen molar-refractivity contribution < 1.29 is 27.0 Å². The molecule has 3 aliphatic rings. The van der Waals surface area contributed by atoms with E-state index in [1.165, 1.54) is 13.2 Å². The molecular formula is C18H21FN5O4S+. The Morgan fingerprint density at radius 2 is 2.07 bits per heavy atom. The van der Waals surface area contributed by atoms with Crippen LogP contribution in [0.4, 0.5) is 9.18 Å². The average molecular weight is 422 g/mol. The Bertz CT molecular complexity index is 1130. The number of carbonyl (C=O) groups is 2. The number of urea groups is 1. The van der Waals surface area contributed by atoms with Crippen molar-refractivity contribution in [1.82, 2.24) is 19.4 Å². The molecule has 0 saturated heterocycles. The second-order valence-corrected chi connectivity index (χ2v) is 9.53. The topological polar surface area (TPSA) is 104 Å². The average Bonchev–Trinajstić information content (AvgIpc) is 3.20. The number of rotatable bonds is 5. The first kappa shape index (κ1) is 19.6. The van der Waals surface area contributed by atoms with Crippen LogP contribution in [0.25, 0.3) is 0 Å². The summed E-state index contributed by atoms with van der Waals surface area (Å²) < 4.78 is 45.2. The highest BCUT2D eigenvalue weighted by Gasteiger charge is 2.49. The van der Waals surface area contributed by atoms with Gasteiger partial charge in [-0.3, -0.25) is 4.68 Å². The number of hydrogen-bond acceptors (Lipinski definition) is 5. The summed E-state index contributed by atoms with van der Waals surface area (Å²) in [5.41, 5.74) is 0.167. The van der Waals surface area contributed by atoms with Gasteiger partial charge in [-0.2, -0.15) is 19.4 Å². The van der Waals surface area contributed by atoms with Crippen LogP contribution in [0.1, 0.15) is 25.3 Å². The third-order valence-corrected chi connectivity index (χ3v) is 7.02. The van der Waals surface area contributed by atoms with Gasteiger partial charge in [0.15, 0.2) is 0 Å². The minimum Gasteiger partial charge on any atom is -0.275 e. The maximum atomic E-state index is 14.7. The Morgan fingerprint density at radius 3 is 2.66 bits per heavy atom. The molecule has 0 bridgehead atoms. The van der Waals surface area contributed by atoms with Crippen LogP contribution >= 0.6 is 0 Å². The van der Waals surface area contributed by atoms with Gasteiger partial charge in [0.25, 0.3) is 0 Å². The van der Waals surface area contributed by atoms with Crippen molar-refractivity contribution >= 4 is 27.7 Å². The molecule has 1 aliphatic heterocycles. The lowest BCUT2D eigenvalue weighted by Crippen LogP contribution is -2.53. The van der Waals surface area contributed by atoms with Gasteiger partial charge >= 0.3 is 11.9 Å². The number of allylic oxidation sites excluding steroid dienone is 2. The van der Waals surface area contributed by atoms with Crippen LogP contribution in [-0.2, 0) is 28.4 Å². The number of hydrogen-bond donors (Lipinski definition) is 1. The molecule has 1 saturated carbocycles. The van der Waals surface area contributed by atoms with Crippen LogP contribution < -0.4 is 4.72 Å². The molecule has 2 heterocycles. The summed E-state index contributed by atoms with van der Waals surface area (Å²) in [6, 6.07) is -0.613. The van der Waals surface area contributed by atoms with Crippen LogP contribution in [0.2, 0.25) is 0 Å². The molecule has 1 aromatic heterocycles. The monoisotopic (exact) mass is 422 g/mol. The number of nitrogens with one attached hydrogen (secondary N) is 1. The van der Waals surface area contributed by atoms with Gasteiger partial charge in [0.05, 0.1) is 13.2 Å². The van der Waals surface area contributed by atoms with Crippen molar-refractivity contribution in [2.24, 2.45) is 13.0 Å². The molecule has 4 rings (SSSR count). The summed E-state index contributed by atoms with van der Waals surface area (Å²) in [4.78, 5) is 26.1. The normalized spacial score (nSPS) is 23.7. The number of nitrogens with zero attached hydrogens (tertiary/aromatic N) is 4. The van der Waals surface area contributed by atoms with Crippen LogP contribution in [0.15, 0.2) is 35.3 Å². The lowest BCUT2D eigenvalue weighted by molar-refractivity contribution is -0.406. The molecule has 9 nitrogen and oxygen atoms in total. The molecule has 0 spiro atoms. The highest BCUT2D eigenvalue weighted by atomic mass is 32.2. The first-order valence-corrected chi connectivity index (χ1v) is 10.6. The Balaban J connectivity index is 1.71. The van der Waals surface area contributed by atoms with E-state index in [-0.39, 0.29) is 12.3 Å². The van der Waals surface area contributed by atoms with E-state index in [1.807, 2.05) is 0 Å². The molecule has 0 aromatic carbocycles. The lowest BCUT2D eigenvalue weighted by Gasteiger charge is -2.27. The largest absolute Gasteiger partial charge is 0.501 e. The molecule has 1 atom stereocenters. The number of halogens is 1. The Kier molecular flexibility index (Phi) is 4.35. The van der Waals surface area contributed by atoms with E-state index in [0.717, 1.165) is 21.6 Å². The Morgan fingerprint density at radius 1 is 1.38 bits per heavy atom. The van der Waals surface area contributed by atoms with Crippen LogP contribution in [0.5, 0.6) is 0 Å². The van der Waals surface area contributed by atoms with E-state index in [9.17, 15) is 22.4 Å². The van der Waals surface area contributed by atoms with E-state index in [2.05, 4.69) is 9.82 Å². The summed E-state index contributed by atoms with van der Waals surface area (Å²) in [6.07, 6.45) is 6.58. The molecule has 1 unspecified atom stereocenters. The number of aromatic nitrogens is 2. The third-order valence-electron chi connectivity index (χ3n) is 5.35. The minimum atomic E-state index is -4.14. The standard InChI is InChI=1S/C18H21FN5O4S/c1-18(4-5-18)21-29(27,28)15-6-12-14(7-13(15)19)23(3)17(26)24(16(12)25)10-11-8-20-22(2)9-11/h6-9,12,21H,4-5,10H2,1-3H3/q+1. The number of amides is 3. The predicted molar refractivity (Wildman–Crippen MR) is 101 cm³/mol. The van der Waals surface area contributed by atoms with Gasteiger partial charge in [0, 0.05) is 30.4 Å². The number of aryl methyl sites for hydroxylation is 1. The summed E-state index contributed by atoms with van der Waals surface area (Å²) in [5.74, 6) is -2.69. The smallest absolute Gasteiger partial charge is 0.275 e. The van der Waals surface area contributed by atoms with Crippen LogP contribution in [-0.4, -0.2) is 57.9 Å².